The van der Waals surface area contributed by atoms with E-state index in [0.29, 0.717) is 24.6 Å². The smallest absolute Gasteiger partial charge is 0.264 e. The lowest BCUT2D eigenvalue weighted by atomic mass is 10.2. The van der Waals surface area contributed by atoms with Gasteiger partial charge in [-0.05, 0) is 68.3 Å². The van der Waals surface area contributed by atoms with Gasteiger partial charge >= 0.3 is 0 Å². The number of carbonyl (C=O) groups excluding carboxylic acids is 1. The molecular weight excluding hydrogens is 554 g/mol. The van der Waals surface area contributed by atoms with Gasteiger partial charge in [-0.3, -0.25) is 9.10 Å². The molecular formula is C28H33N3O7S2. The number of nitrogens with one attached hydrogen (secondary N) is 1. The number of carbonyl (C=O) groups is 1. The molecule has 0 radical (unpaired) electrons. The second kappa shape index (κ2) is 12.7. The van der Waals surface area contributed by atoms with Gasteiger partial charge < -0.3 is 14.8 Å². The second-order valence-electron chi connectivity index (χ2n) is 9.28. The first-order valence-corrected chi connectivity index (χ1v) is 15.7. The molecule has 214 valence electrons. The van der Waals surface area contributed by atoms with E-state index < -0.39 is 32.5 Å². The first kappa shape index (κ1) is 29.4. The lowest BCUT2D eigenvalue weighted by molar-refractivity contribution is -0.119. The molecule has 3 aromatic rings. The summed E-state index contributed by atoms with van der Waals surface area (Å²) >= 11 is 0. The van der Waals surface area contributed by atoms with Crippen LogP contribution in [-0.2, 0) is 24.8 Å². The summed E-state index contributed by atoms with van der Waals surface area (Å²) in [7, 11) is -6.16. The summed E-state index contributed by atoms with van der Waals surface area (Å²) in [4.78, 5) is 13.1. The standard InChI is InChI=1S/C28H33N3O7S2/c1-22-9-13-25(14-10-22)40(35,36)31(26-7-3-4-8-27(26)37-2)21-28(32)29-17-20-38-23-11-15-24(16-12-23)39(33,34)30-18-5-6-19-30/h3-4,7-16H,5-6,17-21H2,1-2H3,(H,29,32). The maximum absolute atomic E-state index is 13.6. The van der Waals surface area contributed by atoms with Crippen LogP contribution in [0.3, 0.4) is 0 Å². The largest absolute Gasteiger partial charge is 0.495 e. The lowest BCUT2D eigenvalue weighted by Gasteiger charge is -2.25. The van der Waals surface area contributed by atoms with Crippen molar-refractivity contribution in [2.75, 3.05) is 44.2 Å². The van der Waals surface area contributed by atoms with Crippen molar-refractivity contribution in [3.8, 4) is 11.5 Å². The fourth-order valence-corrected chi connectivity index (χ4v) is 7.25. The predicted octanol–water partition coefficient (Wildman–Crippen LogP) is 3.18. The highest BCUT2D eigenvalue weighted by Gasteiger charge is 2.29. The van der Waals surface area contributed by atoms with Gasteiger partial charge in [-0.25, -0.2) is 16.8 Å². The lowest BCUT2D eigenvalue weighted by Crippen LogP contribution is -2.42. The molecule has 1 heterocycles. The van der Waals surface area contributed by atoms with Crippen LogP contribution in [-0.4, -0.2) is 66.9 Å². The van der Waals surface area contributed by atoms with Crippen LogP contribution in [0, 0.1) is 6.92 Å². The molecule has 0 saturated carbocycles. The van der Waals surface area contributed by atoms with Crippen LogP contribution in [0.2, 0.25) is 0 Å². The van der Waals surface area contributed by atoms with Gasteiger partial charge in [-0.1, -0.05) is 29.8 Å². The summed E-state index contributed by atoms with van der Waals surface area (Å²) in [5.74, 6) is 0.231. The highest BCUT2D eigenvalue weighted by molar-refractivity contribution is 7.93. The summed E-state index contributed by atoms with van der Waals surface area (Å²) in [6.07, 6.45) is 1.72. The first-order chi connectivity index (χ1) is 19.1. The molecule has 40 heavy (non-hydrogen) atoms. The molecule has 1 amide bonds. The van der Waals surface area contributed by atoms with E-state index in [2.05, 4.69) is 5.32 Å². The van der Waals surface area contributed by atoms with Gasteiger partial charge in [0.2, 0.25) is 15.9 Å². The number of rotatable bonds is 12. The Kier molecular flexibility index (Phi) is 9.33. The molecule has 0 aromatic heterocycles. The molecule has 0 bridgehead atoms. The van der Waals surface area contributed by atoms with E-state index >= 15 is 0 Å². The molecule has 0 spiro atoms. The van der Waals surface area contributed by atoms with Crippen molar-refractivity contribution in [1.82, 2.24) is 9.62 Å². The minimum Gasteiger partial charge on any atom is -0.495 e. The van der Waals surface area contributed by atoms with E-state index in [9.17, 15) is 21.6 Å². The maximum atomic E-state index is 13.6. The summed E-state index contributed by atoms with van der Waals surface area (Å²) < 4.78 is 66.0. The number of amides is 1. The summed E-state index contributed by atoms with van der Waals surface area (Å²) in [6.45, 7) is 2.65. The van der Waals surface area contributed by atoms with Crippen LogP contribution in [0.25, 0.3) is 0 Å². The molecule has 4 rings (SSSR count). The van der Waals surface area contributed by atoms with Crippen molar-refractivity contribution in [2.24, 2.45) is 0 Å². The van der Waals surface area contributed by atoms with Crippen LogP contribution >= 0.6 is 0 Å². The van der Waals surface area contributed by atoms with Crippen LogP contribution in [0.5, 0.6) is 11.5 Å². The van der Waals surface area contributed by atoms with E-state index in [1.54, 1.807) is 48.5 Å². The van der Waals surface area contributed by atoms with Gasteiger partial charge in [0.05, 0.1) is 29.1 Å². The molecule has 10 nitrogen and oxygen atoms in total. The molecule has 0 atom stereocenters. The Labute approximate surface area is 235 Å². The second-order valence-corrected chi connectivity index (χ2v) is 13.1. The monoisotopic (exact) mass is 587 g/mol. The third kappa shape index (κ3) is 6.75. The van der Waals surface area contributed by atoms with Crippen LogP contribution in [0.4, 0.5) is 5.69 Å². The van der Waals surface area contributed by atoms with Crippen molar-refractivity contribution in [1.29, 1.82) is 0 Å². The zero-order valence-electron chi connectivity index (χ0n) is 22.4. The summed E-state index contributed by atoms with van der Waals surface area (Å²) in [5, 5.41) is 2.68. The van der Waals surface area contributed by atoms with E-state index in [4.69, 9.17) is 9.47 Å². The van der Waals surface area contributed by atoms with Gasteiger partial charge in [0, 0.05) is 13.1 Å². The van der Waals surface area contributed by atoms with Crippen molar-refractivity contribution < 1.29 is 31.1 Å². The maximum Gasteiger partial charge on any atom is 0.264 e. The van der Waals surface area contributed by atoms with Crippen molar-refractivity contribution in [3.63, 3.8) is 0 Å². The average molecular weight is 588 g/mol. The third-order valence-corrected chi connectivity index (χ3v) is 10.2. The number of hydrogen-bond donors (Lipinski definition) is 1. The van der Waals surface area contributed by atoms with E-state index in [1.807, 2.05) is 6.92 Å². The molecule has 1 aliphatic heterocycles. The number of methoxy groups -OCH3 is 1. The Morgan fingerprint density at radius 3 is 2.17 bits per heavy atom. The van der Waals surface area contributed by atoms with Crippen molar-refractivity contribution in [2.45, 2.75) is 29.6 Å². The number of anilines is 1. The Hall–Kier alpha value is -3.61. The van der Waals surface area contributed by atoms with Gasteiger partial charge in [0.25, 0.3) is 10.0 Å². The number of hydrogen-bond acceptors (Lipinski definition) is 7. The number of para-hydroxylation sites is 2. The van der Waals surface area contributed by atoms with E-state index in [1.165, 1.54) is 35.7 Å². The van der Waals surface area contributed by atoms with Gasteiger partial charge in [0.15, 0.2) is 0 Å². The fourth-order valence-electron chi connectivity index (χ4n) is 4.30. The molecule has 3 aromatic carbocycles. The Morgan fingerprint density at radius 1 is 0.900 bits per heavy atom. The highest BCUT2D eigenvalue weighted by atomic mass is 32.2. The molecule has 1 saturated heterocycles. The predicted molar refractivity (Wildman–Crippen MR) is 152 cm³/mol. The van der Waals surface area contributed by atoms with Gasteiger partial charge in [0.1, 0.15) is 24.7 Å². The highest BCUT2D eigenvalue weighted by Crippen LogP contribution is 2.32. The first-order valence-electron chi connectivity index (χ1n) is 12.8. The minimum absolute atomic E-state index is 0.0512. The molecule has 12 heteroatoms. The number of aryl methyl sites for hydroxylation is 1. The van der Waals surface area contributed by atoms with Crippen LogP contribution in [0.15, 0.2) is 82.6 Å². The third-order valence-electron chi connectivity index (χ3n) is 6.47. The summed E-state index contributed by atoms with van der Waals surface area (Å²) in [5.41, 5.74) is 1.14. The zero-order valence-corrected chi connectivity index (χ0v) is 24.1. The zero-order chi connectivity index (χ0) is 28.8. The molecule has 1 aliphatic rings. The topological polar surface area (TPSA) is 122 Å². The number of nitrogens with zero attached hydrogens (tertiary/aromatic N) is 2. The van der Waals surface area contributed by atoms with Gasteiger partial charge in [-0.2, -0.15) is 4.31 Å². The van der Waals surface area contributed by atoms with E-state index in [0.717, 1.165) is 22.7 Å². The summed E-state index contributed by atoms with van der Waals surface area (Å²) in [6, 6.07) is 19.1. The van der Waals surface area contributed by atoms with Crippen LogP contribution < -0.4 is 19.1 Å². The number of sulfonamides is 2. The van der Waals surface area contributed by atoms with E-state index in [-0.39, 0.29) is 28.6 Å². The van der Waals surface area contributed by atoms with Crippen molar-refractivity contribution >= 4 is 31.6 Å². The Bertz CT molecular complexity index is 1520. The Morgan fingerprint density at radius 2 is 1.52 bits per heavy atom. The SMILES string of the molecule is COc1ccccc1N(CC(=O)NCCOc1ccc(S(=O)(=O)N2CCCC2)cc1)S(=O)(=O)c1ccc(C)cc1. The van der Waals surface area contributed by atoms with Crippen molar-refractivity contribution in [3.05, 3.63) is 78.4 Å². The normalized spacial score (nSPS) is 14.1. The molecule has 0 aliphatic carbocycles. The number of benzene rings is 3. The van der Waals surface area contributed by atoms with Crippen LogP contribution in [0.1, 0.15) is 18.4 Å². The van der Waals surface area contributed by atoms with Gasteiger partial charge in [-0.15, -0.1) is 0 Å². The molecule has 0 unspecified atom stereocenters. The fraction of sp³-hybridized carbons (Fsp3) is 0.321. The number of ether oxygens (including phenoxy) is 2. The minimum atomic E-state index is -4.09. The molecule has 1 fully saturated rings. The average Bonchev–Trinajstić information content (AvgIpc) is 3.51. The molecule has 1 N–H and O–H groups in total. The quantitative estimate of drug-likeness (QED) is 0.323. The Balaban J connectivity index is 1.38.